The van der Waals surface area contributed by atoms with E-state index in [2.05, 4.69) is 10.3 Å². The SMILES string of the molecule is C[C@H](N=C(N)N)C(=O)OC1CCNCC1. The molecule has 1 fully saturated rings. The first kappa shape index (κ1) is 11.8. The predicted octanol–water partition coefficient (Wildman–Crippen LogP) is -1.06. The smallest absolute Gasteiger partial charge is 0.330 e. The molecule has 0 bridgehead atoms. The average molecular weight is 214 g/mol. The van der Waals surface area contributed by atoms with Gasteiger partial charge in [-0.05, 0) is 32.9 Å². The van der Waals surface area contributed by atoms with Crippen molar-refractivity contribution in [2.24, 2.45) is 16.5 Å². The second kappa shape index (κ2) is 5.55. The van der Waals surface area contributed by atoms with E-state index in [1.54, 1.807) is 6.92 Å². The second-order valence-corrected chi connectivity index (χ2v) is 3.62. The molecule has 0 radical (unpaired) electrons. The van der Waals surface area contributed by atoms with Gasteiger partial charge in [-0.1, -0.05) is 0 Å². The fourth-order valence-electron chi connectivity index (χ4n) is 1.45. The normalized spacial score (nSPS) is 19.3. The highest BCUT2D eigenvalue weighted by Gasteiger charge is 2.21. The number of guanidine groups is 1. The number of hydrogen-bond acceptors (Lipinski definition) is 4. The highest BCUT2D eigenvalue weighted by Crippen LogP contribution is 2.09. The Hall–Kier alpha value is -1.30. The summed E-state index contributed by atoms with van der Waals surface area (Å²) in [5.74, 6) is -0.458. The molecule has 0 aromatic heterocycles. The van der Waals surface area contributed by atoms with Crippen molar-refractivity contribution in [3.63, 3.8) is 0 Å². The number of piperidine rings is 1. The molecule has 0 aliphatic carbocycles. The summed E-state index contributed by atoms with van der Waals surface area (Å²) in [6.07, 6.45) is 1.69. The van der Waals surface area contributed by atoms with Gasteiger partial charge in [0, 0.05) is 0 Å². The zero-order valence-corrected chi connectivity index (χ0v) is 8.90. The van der Waals surface area contributed by atoms with Crippen LogP contribution in [-0.4, -0.2) is 37.2 Å². The van der Waals surface area contributed by atoms with Gasteiger partial charge < -0.3 is 21.5 Å². The maximum atomic E-state index is 11.5. The van der Waals surface area contributed by atoms with Crippen LogP contribution in [0.2, 0.25) is 0 Å². The number of carbonyl (C=O) groups is 1. The minimum Gasteiger partial charge on any atom is -0.461 e. The molecule has 1 rings (SSSR count). The molecule has 0 aromatic rings. The topological polar surface area (TPSA) is 103 Å². The maximum absolute atomic E-state index is 11.5. The Bertz CT molecular complexity index is 244. The molecule has 1 heterocycles. The van der Waals surface area contributed by atoms with Crippen LogP contribution >= 0.6 is 0 Å². The third-order valence-corrected chi connectivity index (χ3v) is 2.25. The maximum Gasteiger partial charge on any atom is 0.330 e. The summed E-state index contributed by atoms with van der Waals surface area (Å²) in [4.78, 5) is 15.2. The molecule has 0 amide bonds. The second-order valence-electron chi connectivity index (χ2n) is 3.62. The van der Waals surface area contributed by atoms with Gasteiger partial charge in [-0.15, -0.1) is 0 Å². The molecule has 1 aliphatic heterocycles. The van der Waals surface area contributed by atoms with Crippen molar-refractivity contribution in [2.45, 2.75) is 31.9 Å². The molecule has 0 spiro atoms. The Balaban J connectivity index is 2.36. The lowest BCUT2D eigenvalue weighted by Gasteiger charge is -2.23. The Morgan fingerprint density at radius 2 is 2.07 bits per heavy atom. The van der Waals surface area contributed by atoms with E-state index in [1.807, 2.05) is 0 Å². The predicted molar refractivity (Wildman–Crippen MR) is 57.3 cm³/mol. The first-order chi connectivity index (χ1) is 7.09. The molecule has 5 N–H and O–H groups in total. The van der Waals surface area contributed by atoms with Gasteiger partial charge in [0.2, 0.25) is 0 Å². The highest BCUT2D eigenvalue weighted by atomic mass is 16.5. The third kappa shape index (κ3) is 4.16. The number of carbonyl (C=O) groups excluding carboxylic acids is 1. The summed E-state index contributed by atoms with van der Waals surface area (Å²) >= 11 is 0. The van der Waals surface area contributed by atoms with Crippen molar-refractivity contribution in [1.29, 1.82) is 0 Å². The van der Waals surface area contributed by atoms with E-state index in [-0.39, 0.29) is 18.0 Å². The van der Waals surface area contributed by atoms with Crippen molar-refractivity contribution >= 4 is 11.9 Å². The average Bonchev–Trinajstić information content (AvgIpc) is 2.18. The molecule has 6 heteroatoms. The number of nitrogens with zero attached hydrogens (tertiary/aromatic N) is 1. The van der Waals surface area contributed by atoms with Crippen molar-refractivity contribution in [2.75, 3.05) is 13.1 Å². The van der Waals surface area contributed by atoms with Crippen LogP contribution in [0.3, 0.4) is 0 Å². The minimum atomic E-state index is -0.620. The van der Waals surface area contributed by atoms with Crippen molar-refractivity contribution < 1.29 is 9.53 Å². The molecule has 6 nitrogen and oxygen atoms in total. The fraction of sp³-hybridized carbons (Fsp3) is 0.778. The van der Waals surface area contributed by atoms with Gasteiger partial charge in [0.25, 0.3) is 0 Å². The van der Waals surface area contributed by atoms with Crippen molar-refractivity contribution in [1.82, 2.24) is 5.32 Å². The van der Waals surface area contributed by atoms with Crippen molar-refractivity contribution in [3.05, 3.63) is 0 Å². The van der Waals surface area contributed by atoms with Gasteiger partial charge in [0.1, 0.15) is 12.1 Å². The molecule has 15 heavy (non-hydrogen) atoms. The van der Waals surface area contributed by atoms with Crippen LogP contribution in [0.5, 0.6) is 0 Å². The number of hydrogen-bond donors (Lipinski definition) is 3. The Labute approximate surface area is 89.1 Å². The number of esters is 1. The zero-order chi connectivity index (χ0) is 11.3. The van der Waals surface area contributed by atoms with E-state index in [1.165, 1.54) is 0 Å². The van der Waals surface area contributed by atoms with Gasteiger partial charge in [-0.2, -0.15) is 0 Å². The molecule has 0 unspecified atom stereocenters. The Morgan fingerprint density at radius 3 is 2.60 bits per heavy atom. The monoisotopic (exact) mass is 214 g/mol. The molecule has 0 saturated carbocycles. The Morgan fingerprint density at radius 1 is 1.47 bits per heavy atom. The molecule has 1 atom stereocenters. The molecular weight excluding hydrogens is 196 g/mol. The van der Waals surface area contributed by atoms with Crippen molar-refractivity contribution in [3.8, 4) is 0 Å². The summed E-state index contributed by atoms with van der Waals surface area (Å²) in [6, 6.07) is -0.620. The van der Waals surface area contributed by atoms with Gasteiger partial charge >= 0.3 is 5.97 Å². The number of ether oxygens (including phenoxy) is 1. The van der Waals surface area contributed by atoms with E-state index < -0.39 is 6.04 Å². The van der Waals surface area contributed by atoms with Crippen LogP contribution in [-0.2, 0) is 9.53 Å². The summed E-state index contributed by atoms with van der Waals surface area (Å²) < 4.78 is 5.26. The van der Waals surface area contributed by atoms with Gasteiger partial charge in [-0.25, -0.2) is 9.79 Å². The van der Waals surface area contributed by atoms with Crippen LogP contribution < -0.4 is 16.8 Å². The number of nitrogens with two attached hydrogens (primary N) is 2. The highest BCUT2D eigenvalue weighted by molar-refractivity contribution is 5.82. The lowest BCUT2D eigenvalue weighted by atomic mass is 10.1. The molecular formula is C9H18N4O2. The third-order valence-electron chi connectivity index (χ3n) is 2.25. The molecule has 0 aromatic carbocycles. The van der Waals surface area contributed by atoms with Crippen LogP contribution in [0.1, 0.15) is 19.8 Å². The summed E-state index contributed by atoms with van der Waals surface area (Å²) in [5, 5.41) is 3.19. The van der Waals surface area contributed by atoms with E-state index in [0.29, 0.717) is 0 Å². The zero-order valence-electron chi connectivity index (χ0n) is 8.90. The fourth-order valence-corrected chi connectivity index (χ4v) is 1.45. The molecule has 1 aliphatic rings. The minimum absolute atomic E-state index is 0.00426. The number of rotatable bonds is 3. The van der Waals surface area contributed by atoms with Crippen LogP contribution in [0.25, 0.3) is 0 Å². The van der Waals surface area contributed by atoms with Gasteiger partial charge in [0.05, 0.1) is 0 Å². The summed E-state index contributed by atoms with van der Waals surface area (Å²) in [5.41, 5.74) is 10.3. The lowest BCUT2D eigenvalue weighted by Crippen LogP contribution is -2.36. The standard InChI is InChI=1S/C9H18N4O2/c1-6(13-9(10)11)8(14)15-7-2-4-12-5-3-7/h6-7,12H,2-5H2,1H3,(H4,10,11,13)/t6-/m0/s1. The van der Waals surface area contributed by atoms with Gasteiger partial charge in [-0.3, -0.25) is 0 Å². The first-order valence-corrected chi connectivity index (χ1v) is 5.09. The molecule has 1 saturated heterocycles. The van der Waals surface area contributed by atoms with E-state index >= 15 is 0 Å². The number of aliphatic imine (C=N–C) groups is 1. The van der Waals surface area contributed by atoms with E-state index in [9.17, 15) is 4.79 Å². The Kier molecular flexibility index (Phi) is 4.36. The summed E-state index contributed by atoms with van der Waals surface area (Å²) in [7, 11) is 0. The van der Waals surface area contributed by atoms with Crippen LogP contribution in [0.15, 0.2) is 4.99 Å². The lowest BCUT2D eigenvalue weighted by molar-refractivity contribution is -0.151. The first-order valence-electron chi connectivity index (χ1n) is 5.09. The largest absolute Gasteiger partial charge is 0.461 e. The van der Waals surface area contributed by atoms with Crippen LogP contribution in [0.4, 0.5) is 0 Å². The number of nitrogens with one attached hydrogen (secondary N) is 1. The van der Waals surface area contributed by atoms with Crippen LogP contribution in [0, 0.1) is 0 Å². The van der Waals surface area contributed by atoms with E-state index in [0.717, 1.165) is 25.9 Å². The van der Waals surface area contributed by atoms with Gasteiger partial charge in [0.15, 0.2) is 5.96 Å². The quantitative estimate of drug-likeness (QED) is 0.316. The molecule has 86 valence electrons. The van der Waals surface area contributed by atoms with E-state index in [4.69, 9.17) is 16.2 Å². The summed E-state index contributed by atoms with van der Waals surface area (Å²) in [6.45, 7) is 3.38.